The van der Waals surface area contributed by atoms with Crippen LogP contribution in [0.4, 0.5) is 0 Å². The molecule has 9 nitrogen and oxygen atoms in total. The molecule has 3 amide bonds. The van der Waals surface area contributed by atoms with Crippen LogP contribution in [0, 0.1) is 18.3 Å². The van der Waals surface area contributed by atoms with E-state index in [2.05, 4.69) is 15.6 Å². The Morgan fingerprint density at radius 1 is 1.21 bits per heavy atom. The number of aliphatic hydroxyl groups is 1. The Morgan fingerprint density at radius 2 is 1.92 bits per heavy atom. The number of aryl methyl sites for hydroxylation is 1. The Bertz CT molecular complexity index is 1220. The van der Waals surface area contributed by atoms with Crippen molar-refractivity contribution in [3.63, 3.8) is 0 Å². The van der Waals surface area contributed by atoms with Crippen LogP contribution in [-0.2, 0) is 20.9 Å². The monoisotopic (exact) mass is 556 g/mol. The third-order valence-electron chi connectivity index (χ3n) is 7.10. The summed E-state index contributed by atoms with van der Waals surface area (Å²) in [6.45, 7) is 11.8. The van der Waals surface area contributed by atoms with E-state index in [0.29, 0.717) is 5.75 Å². The molecule has 2 aromatic rings. The van der Waals surface area contributed by atoms with Gasteiger partial charge in [-0.2, -0.15) is 0 Å². The molecule has 1 aromatic carbocycles. The van der Waals surface area contributed by atoms with Gasteiger partial charge < -0.3 is 25.4 Å². The van der Waals surface area contributed by atoms with Crippen molar-refractivity contribution in [2.24, 2.45) is 11.3 Å². The van der Waals surface area contributed by atoms with Crippen molar-refractivity contribution in [2.45, 2.75) is 91.6 Å². The van der Waals surface area contributed by atoms with Crippen molar-refractivity contribution in [3.05, 3.63) is 35.0 Å². The molecule has 1 aromatic heterocycles. The van der Waals surface area contributed by atoms with Crippen molar-refractivity contribution in [1.29, 1.82) is 0 Å². The number of benzene rings is 1. The van der Waals surface area contributed by atoms with Gasteiger partial charge in [-0.25, -0.2) is 4.98 Å². The highest BCUT2D eigenvalue weighted by atomic mass is 32.1. The van der Waals surface area contributed by atoms with Crippen LogP contribution in [0.3, 0.4) is 0 Å². The molecule has 1 unspecified atom stereocenters. The highest BCUT2D eigenvalue weighted by Crippen LogP contribution is 2.33. The molecule has 0 bridgehead atoms. The summed E-state index contributed by atoms with van der Waals surface area (Å²) >= 11 is 1.56. The van der Waals surface area contributed by atoms with Crippen molar-refractivity contribution < 1.29 is 24.2 Å². The third kappa shape index (κ3) is 6.97. The van der Waals surface area contributed by atoms with Crippen molar-refractivity contribution in [3.8, 4) is 16.2 Å². The first-order chi connectivity index (χ1) is 18.3. The number of rotatable bonds is 9. The average molecular weight is 557 g/mol. The second-order valence-corrected chi connectivity index (χ2v) is 12.8. The number of aromatic nitrogens is 1. The normalized spacial score (nSPS) is 20.2. The fraction of sp³-hybridized carbons (Fsp3) is 0.586. The maximum Gasteiger partial charge on any atom is 0.246 e. The predicted molar refractivity (Wildman–Crippen MR) is 150 cm³/mol. The fourth-order valence-electron chi connectivity index (χ4n) is 4.81. The van der Waals surface area contributed by atoms with Gasteiger partial charge in [0.1, 0.15) is 17.8 Å². The minimum atomic E-state index is -0.830. The van der Waals surface area contributed by atoms with Gasteiger partial charge in [0, 0.05) is 31.0 Å². The van der Waals surface area contributed by atoms with Crippen molar-refractivity contribution in [2.75, 3.05) is 6.54 Å². The number of hydrogen-bond donors (Lipinski definition) is 3. The van der Waals surface area contributed by atoms with Crippen LogP contribution in [0.25, 0.3) is 10.4 Å². The summed E-state index contributed by atoms with van der Waals surface area (Å²) in [6, 6.07) is 4.26. The van der Waals surface area contributed by atoms with Gasteiger partial charge in [0.2, 0.25) is 17.7 Å². The number of aliphatic hydroxyl groups excluding tert-OH is 1. The van der Waals surface area contributed by atoms with Crippen LogP contribution in [0.5, 0.6) is 5.75 Å². The number of carbonyl (C=O) groups excluding carboxylic acids is 3. The molecule has 0 spiro atoms. The first kappa shape index (κ1) is 29.0. The van der Waals surface area contributed by atoms with E-state index in [1.807, 2.05) is 65.3 Å². The van der Waals surface area contributed by atoms with E-state index < -0.39 is 23.6 Å². The zero-order valence-corrected chi connectivity index (χ0v) is 24.4. The van der Waals surface area contributed by atoms with E-state index in [0.717, 1.165) is 34.5 Å². The second-order valence-electron chi connectivity index (χ2n) is 12.0. The summed E-state index contributed by atoms with van der Waals surface area (Å²) in [5, 5.41) is 16.3. The summed E-state index contributed by atoms with van der Waals surface area (Å²) in [5.41, 5.74) is 4.01. The predicted octanol–water partition coefficient (Wildman–Crippen LogP) is 3.42. The van der Waals surface area contributed by atoms with Gasteiger partial charge in [0.25, 0.3) is 0 Å². The quantitative estimate of drug-likeness (QED) is 0.435. The molecule has 1 saturated heterocycles. The van der Waals surface area contributed by atoms with Gasteiger partial charge in [-0.1, -0.05) is 32.9 Å². The molecule has 1 aliphatic carbocycles. The molecule has 39 heavy (non-hydrogen) atoms. The number of β-amino-alcohol motifs (C(OH)–C–C–N with tert-alkyl or cyclic N) is 1. The summed E-state index contributed by atoms with van der Waals surface area (Å²) in [5.74, 6) is -0.191. The van der Waals surface area contributed by atoms with Crippen molar-refractivity contribution in [1.82, 2.24) is 20.5 Å². The molecule has 2 aliphatic rings. The topological polar surface area (TPSA) is 121 Å². The van der Waals surface area contributed by atoms with Gasteiger partial charge in [-0.05, 0) is 50.7 Å². The Morgan fingerprint density at radius 3 is 2.51 bits per heavy atom. The number of nitrogens with zero attached hydrogens (tertiary/aromatic N) is 2. The maximum atomic E-state index is 13.7. The minimum Gasteiger partial charge on any atom is -0.491 e. The first-order valence-corrected chi connectivity index (χ1v) is 14.5. The molecule has 2 heterocycles. The second kappa shape index (κ2) is 11.6. The average Bonchev–Trinajstić information content (AvgIpc) is 3.51. The van der Waals surface area contributed by atoms with Gasteiger partial charge in [-0.15, -0.1) is 11.3 Å². The van der Waals surface area contributed by atoms with Gasteiger partial charge >= 0.3 is 0 Å². The Kier molecular flexibility index (Phi) is 8.66. The van der Waals surface area contributed by atoms with Crippen LogP contribution in [0.2, 0.25) is 0 Å². The Hall–Kier alpha value is -2.98. The zero-order chi connectivity index (χ0) is 28.5. The van der Waals surface area contributed by atoms with Crippen LogP contribution < -0.4 is 15.4 Å². The number of hydrogen-bond acceptors (Lipinski definition) is 7. The molecule has 0 radical (unpaired) electrons. The number of nitrogens with one attached hydrogen (secondary N) is 2. The molecule has 4 rings (SSSR count). The van der Waals surface area contributed by atoms with E-state index >= 15 is 0 Å². The molecule has 10 heteroatoms. The summed E-state index contributed by atoms with van der Waals surface area (Å²) in [6.07, 6.45) is 0.931. The first-order valence-electron chi connectivity index (χ1n) is 13.6. The van der Waals surface area contributed by atoms with Crippen molar-refractivity contribution >= 4 is 29.1 Å². The third-order valence-corrected chi connectivity index (χ3v) is 8.08. The Balaban J connectivity index is 1.49. The molecule has 1 saturated carbocycles. The minimum absolute atomic E-state index is 0.0421. The summed E-state index contributed by atoms with van der Waals surface area (Å²) < 4.78 is 6.08. The van der Waals surface area contributed by atoms with E-state index in [-0.39, 0.29) is 49.3 Å². The van der Waals surface area contributed by atoms with E-state index in [1.54, 1.807) is 11.3 Å². The lowest BCUT2D eigenvalue weighted by Crippen LogP contribution is -2.58. The fourth-order valence-corrected chi connectivity index (χ4v) is 5.61. The summed E-state index contributed by atoms with van der Waals surface area (Å²) in [7, 11) is 0. The molecular weight excluding hydrogens is 516 g/mol. The number of ether oxygens (including phenoxy) is 1. The van der Waals surface area contributed by atoms with Gasteiger partial charge in [0.05, 0.1) is 28.3 Å². The molecule has 3 N–H and O–H groups in total. The largest absolute Gasteiger partial charge is 0.491 e. The highest BCUT2D eigenvalue weighted by Gasteiger charge is 2.45. The highest BCUT2D eigenvalue weighted by molar-refractivity contribution is 7.13. The molecule has 3 atom stereocenters. The Labute approximate surface area is 234 Å². The smallest absolute Gasteiger partial charge is 0.246 e. The van der Waals surface area contributed by atoms with E-state index in [9.17, 15) is 19.5 Å². The SMILES string of the molecule is Cc1ncsc1-c1ccc(CNC(=O)[C@@H]2CC(O)CN2C(=O)[C@@H](NC(=O)C2CC2)C(C)(C)C)c(OC(C)C)c1. The van der Waals surface area contributed by atoms with Gasteiger partial charge in [-0.3, -0.25) is 14.4 Å². The molecule has 1 aliphatic heterocycles. The zero-order valence-electron chi connectivity index (χ0n) is 23.6. The van der Waals surface area contributed by atoms with E-state index in [4.69, 9.17) is 4.74 Å². The lowest BCUT2D eigenvalue weighted by atomic mass is 9.85. The lowest BCUT2D eigenvalue weighted by Gasteiger charge is -2.35. The van der Waals surface area contributed by atoms with Crippen LogP contribution in [-0.4, -0.2) is 63.5 Å². The molecule has 2 fully saturated rings. The number of amides is 3. The molecular formula is C29H40N4O5S. The molecule has 212 valence electrons. The number of thiazole rings is 1. The van der Waals surface area contributed by atoms with Gasteiger partial charge in [0.15, 0.2) is 0 Å². The maximum absolute atomic E-state index is 13.7. The standard InChI is InChI=1S/C29H40N4O5S/c1-16(2)38-23-11-19(24-17(3)31-15-39-24)9-10-20(23)13-30-27(36)22-12-21(34)14-33(22)28(37)25(29(4,5)6)32-26(35)18-7-8-18/h9-11,15-16,18,21-22,25,34H,7-8,12-14H2,1-6H3,(H,30,36)(H,32,35)/t21?,22-,25+/m0/s1. The number of likely N-dealkylation sites (tertiary alicyclic amines) is 1. The lowest BCUT2D eigenvalue weighted by molar-refractivity contribution is -0.144. The van der Waals surface area contributed by atoms with Crippen LogP contribution in [0.1, 0.15) is 65.1 Å². The van der Waals surface area contributed by atoms with Crippen LogP contribution in [0.15, 0.2) is 23.7 Å². The summed E-state index contributed by atoms with van der Waals surface area (Å²) in [4.78, 5) is 46.4. The van der Waals surface area contributed by atoms with Crippen LogP contribution >= 0.6 is 11.3 Å². The number of carbonyl (C=O) groups is 3. The van der Waals surface area contributed by atoms with E-state index in [1.165, 1.54) is 4.90 Å².